The minimum atomic E-state index is -0.740. The monoisotopic (exact) mass is 316 g/mol. The Kier molecular flexibility index (Phi) is 4.50. The first-order chi connectivity index (χ1) is 10.9. The number of nitrogens with one attached hydrogen (secondary N) is 1. The van der Waals surface area contributed by atoms with Crippen LogP contribution in [0.15, 0.2) is 41.5 Å². The van der Waals surface area contributed by atoms with Gasteiger partial charge in [0.15, 0.2) is 0 Å². The van der Waals surface area contributed by atoms with Crippen LogP contribution in [0.1, 0.15) is 11.1 Å². The Morgan fingerprint density at radius 1 is 1.17 bits per heavy atom. The Labute approximate surface area is 130 Å². The third kappa shape index (κ3) is 3.59. The molecule has 0 radical (unpaired) electrons. The first kappa shape index (κ1) is 15.9. The molecule has 0 spiro atoms. The van der Waals surface area contributed by atoms with Crippen molar-refractivity contribution in [3.63, 3.8) is 0 Å². The molecule has 0 aliphatic rings. The van der Waals surface area contributed by atoms with Crippen LogP contribution < -0.4 is 5.43 Å². The van der Waals surface area contributed by atoms with Crippen LogP contribution in [-0.4, -0.2) is 21.2 Å². The summed E-state index contributed by atoms with van der Waals surface area (Å²) in [6.07, 6.45) is 1.32. The van der Waals surface area contributed by atoms with Crippen molar-refractivity contribution in [2.45, 2.75) is 6.92 Å². The Bertz CT molecular complexity index is 783. The van der Waals surface area contributed by atoms with E-state index in [1.165, 1.54) is 18.3 Å². The molecule has 0 bridgehead atoms. The molecule has 0 heterocycles. The summed E-state index contributed by atoms with van der Waals surface area (Å²) in [7, 11) is 0. The molecule has 2 rings (SSSR count). The molecule has 0 aliphatic heterocycles. The van der Waals surface area contributed by atoms with E-state index in [4.69, 9.17) is 0 Å². The third-order valence-corrected chi connectivity index (χ3v) is 3.07. The highest BCUT2D eigenvalue weighted by molar-refractivity contribution is 5.86. The Morgan fingerprint density at radius 2 is 1.91 bits per heavy atom. The summed E-state index contributed by atoms with van der Waals surface area (Å²) in [6.45, 7) is 1.77. The number of phenolic OH excluding ortho intramolecular Hbond substituents is 1. The minimum Gasteiger partial charge on any atom is -0.507 e. The molecule has 2 aromatic rings. The van der Waals surface area contributed by atoms with Gasteiger partial charge in [-0.25, -0.2) is 0 Å². The van der Waals surface area contributed by atoms with Crippen LogP contribution >= 0.6 is 0 Å². The smallest absolute Gasteiger partial charge is 0.301 e. The maximum Gasteiger partial charge on any atom is 0.301 e. The van der Waals surface area contributed by atoms with Crippen molar-refractivity contribution in [3.05, 3.63) is 67.8 Å². The molecule has 0 amide bonds. The first-order valence-corrected chi connectivity index (χ1v) is 6.40. The number of benzene rings is 2. The summed E-state index contributed by atoms with van der Waals surface area (Å²) in [6, 6.07) is 8.12. The van der Waals surface area contributed by atoms with Gasteiger partial charge in [0.05, 0.1) is 22.1 Å². The van der Waals surface area contributed by atoms with Crippen LogP contribution in [0.25, 0.3) is 0 Å². The number of phenols is 1. The maximum absolute atomic E-state index is 11.0. The molecule has 9 heteroatoms. The lowest BCUT2D eigenvalue weighted by Gasteiger charge is -2.04. The molecule has 0 saturated carbocycles. The molecule has 2 aromatic carbocycles. The van der Waals surface area contributed by atoms with E-state index < -0.39 is 15.5 Å². The van der Waals surface area contributed by atoms with Crippen molar-refractivity contribution in [2.24, 2.45) is 5.10 Å². The molecule has 0 aromatic heterocycles. The topological polar surface area (TPSA) is 131 Å². The Balaban J connectivity index is 2.28. The number of nitro benzene ring substituents is 2. The van der Waals surface area contributed by atoms with Gasteiger partial charge in [-0.1, -0.05) is 12.1 Å². The fourth-order valence-corrected chi connectivity index (χ4v) is 1.88. The number of anilines is 1. The van der Waals surface area contributed by atoms with Crippen LogP contribution in [0.2, 0.25) is 0 Å². The minimum absolute atomic E-state index is 0.00456. The SMILES string of the molecule is Cc1cccc(O)c1C=NNc1ccc([N+](=O)[O-])cc1[N+](=O)[O-]. The van der Waals surface area contributed by atoms with Gasteiger partial charge in [-0.05, 0) is 24.6 Å². The lowest BCUT2D eigenvalue weighted by molar-refractivity contribution is -0.393. The zero-order chi connectivity index (χ0) is 17.0. The number of hydrogen-bond acceptors (Lipinski definition) is 7. The second-order valence-electron chi connectivity index (χ2n) is 4.59. The molecule has 118 valence electrons. The second kappa shape index (κ2) is 6.52. The van der Waals surface area contributed by atoms with Crippen molar-refractivity contribution in [3.8, 4) is 5.75 Å². The molecule has 23 heavy (non-hydrogen) atoms. The van der Waals surface area contributed by atoms with E-state index >= 15 is 0 Å². The highest BCUT2D eigenvalue weighted by Gasteiger charge is 2.19. The number of hydrazone groups is 1. The molecule has 0 atom stereocenters. The van der Waals surface area contributed by atoms with E-state index in [0.717, 1.165) is 17.7 Å². The molecule has 2 N–H and O–H groups in total. The number of hydrogen-bond donors (Lipinski definition) is 2. The number of nitrogens with zero attached hydrogens (tertiary/aromatic N) is 3. The molecule has 9 nitrogen and oxygen atoms in total. The van der Waals surface area contributed by atoms with Gasteiger partial charge >= 0.3 is 5.69 Å². The summed E-state index contributed by atoms with van der Waals surface area (Å²) >= 11 is 0. The Morgan fingerprint density at radius 3 is 2.52 bits per heavy atom. The third-order valence-electron chi connectivity index (χ3n) is 3.07. The van der Waals surface area contributed by atoms with Crippen LogP contribution in [0.5, 0.6) is 5.75 Å². The van der Waals surface area contributed by atoms with Crippen LogP contribution in [0.3, 0.4) is 0 Å². The average molecular weight is 316 g/mol. The van der Waals surface area contributed by atoms with Crippen molar-refractivity contribution < 1.29 is 15.0 Å². The van der Waals surface area contributed by atoms with Crippen LogP contribution in [0, 0.1) is 27.2 Å². The number of aryl methyl sites for hydroxylation is 1. The van der Waals surface area contributed by atoms with E-state index in [1.54, 1.807) is 19.1 Å². The lowest BCUT2D eigenvalue weighted by atomic mass is 10.1. The zero-order valence-corrected chi connectivity index (χ0v) is 12.0. The standard InChI is InChI=1S/C14H12N4O5/c1-9-3-2-4-14(19)11(9)8-15-16-12-6-5-10(17(20)21)7-13(12)18(22)23/h2-8,16,19H,1H3. The predicted molar refractivity (Wildman–Crippen MR) is 83.8 cm³/mol. The average Bonchev–Trinajstić information content (AvgIpc) is 2.50. The zero-order valence-electron chi connectivity index (χ0n) is 12.0. The van der Waals surface area contributed by atoms with Gasteiger partial charge in [0, 0.05) is 11.6 Å². The normalized spacial score (nSPS) is 10.7. The molecule has 0 unspecified atom stereocenters. The van der Waals surface area contributed by atoms with Crippen molar-refractivity contribution >= 4 is 23.3 Å². The van der Waals surface area contributed by atoms with E-state index in [9.17, 15) is 25.3 Å². The first-order valence-electron chi connectivity index (χ1n) is 6.40. The number of non-ortho nitro benzene ring substituents is 1. The van der Waals surface area contributed by atoms with Gasteiger partial charge in [-0.2, -0.15) is 5.10 Å². The number of rotatable bonds is 5. The lowest BCUT2D eigenvalue weighted by Crippen LogP contribution is -1.99. The van der Waals surface area contributed by atoms with Gasteiger partial charge < -0.3 is 5.11 Å². The van der Waals surface area contributed by atoms with Gasteiger partial charge in [0.25, 0.3) is 5.69 Å². The van der Waals surface area contributed by atoms with Gasteiger partial charge in [-0.3, -0.25) is 25.7 Å². The highest BCUT2D eigenvalue weighted by Crippen LogP contribution is 2.29. The van der Waals surface area contributed by atoms with E-state index in [0.29, 0.717) is 5.56 Å². The molecule has 0 saturated heterocycles. The van der Waals surface area contributed by atoms with Crippen molar-refractivity contribution in [1.82, 2.24) is 0 Å². The van der Waals surface area contributed by atoms with Crippen molar-refractivity contribution in [2.75, 3.05) is 5.43 Å². The van der Waals surface area contributed by atoms with Crippen molar-refractivity contribution in [1.29, 1.82) is 0 Å². The van der Waals surface area contributed by atoms with Gasteiger partial charge in [-0.15, -0.1) is 0 Å². The second-order valence-corrected chi connectivity index (χ2v) is 4.59. The van der Waals surface area contributed by atoms with E-state index in [-0.39, 0.29) is 17.1 Å². The maximum atomic E-state index is 11.0. The number of aromatic hydroxyl groups is 1. The fourth-order valence-electron chi connectivity index (χ4n) is 1.88. The van der Waals surface area contributed by atoms with Gasteiger partial charge in [0.2, 0.25) is 0 Å². The predicted octanol–water partition coefficient (Wildman–Crippen LogP) is 2.96. The summed E-state index contributed by atoms with van der Waals surface area (Å²) in [5, 5.41) is 35.2. The molecular weight excluding hydrogens is 304 g/mol. The summed E-state index contributed by atoms with van der Waals surface area (Å²) in [4.78, 5) is 20.2. The highest BCUT2D eigenvalue weighted by atomic mass is 16.6. The molecular formula is C14H12N4O5. The van der Waals surface area contributed by atoms with E-state index in [1.807, 2.05) is 0 Å². The summed E-state index contributed by atoms with van der Waals surface area (Å²) in [5.74, 6) is 0.0220. The van der Waals surface area contributed by atoms with Crippen LogP contribution in [-0.2, 0) is 0 Å². The fraction of sp³-hybridized carbons (Fsp3) is 0.0714. The Hall–Kier alpha value is -3.49. The van der Waals surface area contributed by atoms with Crippen LogP contribution in [0.4, 0.5) is 17.1 Å². The largest absolute Gasteiger partial charge is 0.507 e. The summed E-state index contributed by atoms with van der Waals surface area (Å²) < 4.78 is 0. The molecule has 0 fully saturated rings. The van der Waals surface area contributed by atoms with Gasteiger partial charge in [0.1, 0.15) is 11.4 Å². The quantitative estimate of drug-likeness (QED) is 0.495. The summed E-state index contributed by atoms with van der Waals surface area (Å²) in [5.41, 5.74) is 2.84. The molecule has 0 aliphatic carbocycles. The van der Waals surface area contributed by atoms with E-state index in [2.05, 4.69) is 10.5 Å². The number of nitro groups is 2.